The Balaban J connectivity index is 4.62. The lowest BCUT2D eigenvalue weighted by Gasteiger charge is -2.24. The third-order valence-electron chi connectivity index (χ3n) is 8.56. The first-order valence-corrected chi connectivity index (χ1v) is 23.4. The summed E-state index contributed by atoms with van der Waals surface area (Å²) in [6.45, 7) is 4.05. The first-order chi connectivity index (χ1) is 28.4. The van der Waals surface area contributed by atoms with Gasteiger partial charge in [-0.05, 0) is 83.1 Å². The van der Waals surface area contributed by atoms with Crippen LogP contribution < -0.4 is 0 Å². The van der Waals surface area contributed by atoms with Crippen molar-refractivity contribution in [3.63, 3.8) is 0 Å². The van der Waals surface area contributed by atoms with Gasteiger partial charge in [0.25, 0.3) is 0 Å². The molecule has 10 nitrogen and oxygen atoms in total. The minimum atomic E-state index is -4.42. The molecule has 0 aliphatic heterocycles. The van der Waals surface area contributed by atoms with Crippen molar-refractivity contribution in [1.82, 2.24) is 0 Å². The molecule has 0 aromatic carbocycles. The predicted molar refractivity (Wildman–Crippen MR) is 243 cm³/mol. The maximum absolute atomic E-state index is 12.7. The van der Waals surface area contributed by atoms with Crippen molar-refractivity contribution in [2.45, 2.75) is 142 Å². The minimum absolute atomic E-state index is 0.00247. The van der Waals surface area contributed by atoms with Gasteiger partial charge in [0.1, 0.15) is 19.8 Å². The molecule has 0 fully saturated rings. The fraction of sp³-hybridized carbons (Fsp3) is 0.604. The monoisotopic (exact) mass is 845 g/mol. The van der Waals surface area contributed by atoms with Crippen LogP contribution in [0, 0.1) is 0 Å². The highest BCUT2D eigenvalue weighted by Gasteiger charge is 2.27. The van der Waals surface area contributed by atoms with Gasteiger partial charge in [-0.15, -0.1) is 0 Å². The molecule has 0 aromatic rings. The number of hydrogen-bond donors (Lipinski definition) is 1. The van der Waals surface area contributed by atoms with Gasteiger partial charge in [-0.25, -0.2) is 4.57 Å². The molecule has 0 bridgehead atoms. The predicted octanol–water partition coefficient (Wildman–Crippen LogP) is 11.8. The number of hydrogen-bond acceptors (Lipinski definition) is 8. The number of phosphoric acid groups is 1. The molecule has 0 saturated heterocycles. The highest BCUT2D eigenvalue weighted by Crippen LogP contribution is 2.43. The number of allylic oxidation sites excluding steroid dienone is 16. The third-order valence-corrected chi connectivity index (χ3v) is 9.55. The van der Waals surface area contributed by atoms with E-state index in [1.165, 1.54) is 19.3 Å². The lowest BCUT2D eigenvalue weighted by Crippen LogP contribution is -2.37. The molecule has 1 N–H and O–H groups in total. The Labute approximate surface area is 358 Å². The molecule has 0 heterocycles. The second kappa shape index (κ2) is 38.8. The van der Waals surface area contributed by atoms with Crippen LogP contribution in [0.25, 0.3) is 0 Å². The number of esters is 2. The summed E-state index contributed by atoms with van der Waals surface area (Å²) in [5, 5.41) is 0. The normalized spacial score (nSPS) is 14.4. The van der Waals surface area contributed by atoms with Crippen molar-refractivity contribution in [3.8, 4) is 0 Å². The van der Waals surface area contributed by atoms with Gasteiger partial charge in [-0.1, -0.05) is 131 Å². The van der Waals surface area contributed by atoms with E-state index in [4.69, 9.17) is 18.5 Å². The Morgan fingerprint density at radius 3 is 1.61 bits per heavy atom. The van der Waals surface area contributed by atoms with Crippen molar-refractivity contribution in [3.05, 3.63) is 97.2 Å². The highest BCUT2D eigenvalue weighted by molar-refractivity contribution is 7.47. The van der Waals surface area contributed by atoms with Gasteiger partial charge in [0.15, 0.2) is 11.9 Å². The van der Waals surface area contributed by atoms with Crippen LogP contribution >= 0.6 is 7.82 Å². The third kappa shape index (κ3) is 42.5. The van der Waals surface area contributed by atoms with E-state index in [9.17, 15) is 23.8 Å². The Kier molecular flexibility index (Phi) is 36.5. The van der Waals surface area contributed by atoms with Crippen LogP contribution in [0.15, 0.2) is 97.2 Å². The zero-order chi connectivity index (χ0) is 43.7. The van der Waals surface area contributed by atoms with Crippen molar-refractivity contribution in [1.29, 1.82) is 0 Å². The van der Waals surface area contributed by atoms with E-state index in [1.807, 2.05) is 51.5 Å². The summed E-state index contributed by atoms with van der Waals surface area (Å²) in [6.07, 6.45) is 47.4. The maximum Gasteiger partial charge on any atom is 0.472 e. The second-order valence-corrected chi connectivity index (χ2v) is 16.9. The average Bonchev–Trinajstić information content (AvgIpc) is 3.18. The van der Waals surface area contributed by atoms with Crippen molar-refractivity contribution in [2.75, 3.05) is 47.5 Å². The topological polar surface area (TPSA) is 125 Å². The number of quaternary nitrogens is 1. The first-order valence-electron chi connectivity index (χ1n) is 21.9. The number of likely N-dealkylation sites (N-methyl/N-ethyl adjacent to an activating group) is 1. The summed E-state index contributed by atoms with van der Waals surface area (Å²) in [7, 11) is 1.36. The Hall–Kier alpha value is -3.40. The molecule has 0 amide bonds. The van der Waals surface area contributed by atoms with Crippen LogP contribution in [0.2, 0.25) is 0 Å². The van der Waals surface area contributed by atoms with Crippen molar-refractivity contribution >= 4 is 25.5 Å². The fourth-order valence-corrected chi connectivity index (χ4v) is 5.81. The van der Waals surface area contributed by atoms with Crippen LogP contribution in [0.5, 0.6) is 0 Å². The van der Waals surface area contributed by atoms with Crippen LogP contribution in [0.1, 0.15) is 136 Å². The molecule has 0 aliphatic rings. The number of ketones is 1. The quantitative estimate of drug-likeness (QED) is 0.0123. The summed E-state index contributed by atoms with van der Waals surface area (Å²) in [5.41, 5.74) is 0. The zero-order valence-electron chi connectivity index (χ0n) is 37.2. The number of carbonyl (C=O) groups excluding carboxylic acids is 3. The van der Waals surface area contributed by atoms with Gasteiger partial charge >= 0.3 is 19.8 Å². The molecule has 11 heteroatoms. The Bertz CT molecular complexity index is 1380. The molecule has 2 atom stereocenters. The number of phosphoric ester groups is 1. The molecule has 334 valence electrons. The number of ether oxygens (including phenoxy) is 2. The van der Waals surface area contributed by atoms with Crippen molar-refractivity contribution in [2.24, 2.45) is 0 Å². The molecular formula is C48H79NO9P+. The number of unbranched alkanes of at least 4 members (excludes halogenated alkanes) is 7. The van der Waals surface area contributed by atoms with Crippen LogP contribution in [-0.2, 0) is 37.5 Å². The van der Waals surface area contributed by atoms with E-state index in [-0.39, 0.29) is 31.8 Å². The molecule has 0 spiro atoms. The first kappa shape index (κ1) is 55.6. The highest BCUT2D eigenvalue weighted by atomic mass is 31.2. The lowest BCUT2D eigenvalue weighted by atomic mass is 10.1. The molecule has 0 rings (SSSR count). The summed E-state index contributed by atoms with van der Waals surface area (Å²) in [6, 6.07) is 0. The Morgan fingerprint density at radius 1 is 0.576 bits per heavy atom. The zero-order valence-corrected chi connectivity index (χ0v) is 38.1. The molecular weight excluding hydrogens is 766 g/mol. The Morgan fingerprint density at radius 2 is 1.07 bits per heavy atom. The van der Waals surface area contributed by atoms with E-state index < -0.39 is 32.5 Å². The van der Waals surface area contributed by atoms with E-state index in [2.05, 4.69) is 68.5 Å². The fourth-order valence-electron chi connectivity index (χ4n) is 5.07. The summed E-state index contributed by atoms with van der Waals surface area (Å²) in [4.78, 5) is 47.0. The number of rotatable bonds is 38. The van der Waals surface area contributed by atoms with Gasteiger partial charge in [0, 0.05) is 19.3 Å². The molecule has 0 radical (unpaired) electrons. The number of carbonyl (C=O) groups is 3. The van der Waals surface area contributed by atoms with Crippen molar-refractivity contribution < 1.29 is 46.8 Å². The largest absolute Gasteiger partial charge is 0.472 e. The van der Waals surface area contributed by atoms with Crippen LogP contribution in [0.3, 0.4) is 0 Å². The molecule has 0 saturated carbocycles. The molecule has 1 unspecified atom stereocenters. The molecule has 0 aromatic heterocycles. The smallest absolute Gasteiger partial charge is 0.462 e. The van der Waals surface area contributed by atoms with E-state index in [1.54, 1.807) is 12.2 Å². The van der Waals surface area contributed by atoms with E-state index in [0.29, 0.717) is 43.1 Å². The second-order valence-electron chi connectivity index (χ2n) is 15.4. The van der Waals surface area contributed by atoms with Gasteiger partial charge in [-0.2, -0.15) is 0 Å². The van der Waals surface area contributed by atoms with E-state index >= 15 is 0 Å². The van der Waals surface area contributed by atoms with Crippen LogP contribution in [0.4, 0.5) is 0 Å². The number of nitrogens with zero attached hydrogens (tertiary/aromatic N) is 1. The average molecular weight is 845 g/mol. The summed E-state index contributed by atoms with van der Waals surface area (Å²) < 4.78 is 34.1. The summed E-state index contributed by atoms with van der Waals surface area (Å²) in [5.74, 6) is -0.809. The molecule has 0 aliphatic carbocycles. The lowest BCUT2D eigenvalue weighted by molar-refractivity contribution is -0.870. The standard InChI is InChI=1S/C48H78NO9P/c1-6-8-10-11-12-13-14-15-16-17-18-19-22-26-29-32-36-40-48(52)58-46(44-57-59(53,54)56-42-41-49(3,4)5)43-55-47(51)39-35-31-28-25-23-20-21-24-27-30-34-38-45(50)37-33-9-7-2/h12-13,15-16,18-21,25-30,34,38,46H,6-11,14,17,22-24,31-33,35-37,39-44H2,1-5H3/p+1/b13-12-,16-15-,19-18-,21-20-,28-25-,29-26-,30-27-,38-34+/t46-/m1/s1. The minimum Gasteiger partial charge on any atom is -0.462 e. The van der Waals surface area contributed by atoms with E-state index in [0.717, 1.165) is 57.8 Å². The van der Waals surface area contributed by atoms with Gasteiger partial charge in [0.2, 0.25) is 0 Å². The van der Waals surface area contributed by atoms with Crippen LogP contribution in [-0.4, -0.2) is 80.7 Å². The summed E-state index contributed by atoms with van der Waals surface area (Å²) >= 11 is 0. The van der Waals surface area contributed by atoms with Gasteiger partial charge < -0.3 is 18.9 Å². The van der Waals surface area contributed by atoms with Gasteiger partial charge in [-0.3, -0.25) is 23.4 Å². The van der Waals surface area contributed by atoms with Gasteiger partial charge in [0.05, 0.1) is 27.7 Å². The molecule has 59 heavy (non-hydrogen) atoms. The maximum atomic E-state index is 12.7. The SMILES string of the molecule is CCCCC/C=C\C/C=C\C/C=C\C/C=C\CCCC(=O)O[C@H](COC(=O)CCC/C=C\C/C=C\C/C=C\C=C\C(=O)CCCCC)COP(=O)(O)OCC[N+](C)(C)C.